The maximum absolute atomic E-state index is 11.5. The van der Waals surface area contributed by atoms with Crippen LogP contribution in [-0.2, 0) is 14.3 Å². The number of carboxylic acid groups (broad SMARTS) is 1. The summed E-state index contributed by atoms with van der Waals surface area (Å²) in [5, 5.41) is 37.9. The minimum absolute atomic E-state index is 0.0176. The van der Waals surface area contributed by atoms with Crippen LogP contribution in [0.15, 0.2) is 0 Å². The molecule has 3 unspecified atom stereocenters. The van der Waals surface area contributed by atoms with Crippen molar-refractivity contribution in [1.82, 2.24) is 0 Å². The third-order valence-corrected chi connectivity index (χ3v) is 3.52. The van der Waals surface area contributed by atoms with Gasteiger partial charge in [0.2, 0.25) is 0 Å². The Morgan fingerprint density at radius 1 is 1.33 bits per heavy atom. The Balaban J connectivity index is 2.67. The summed E-state index contributed by atoms with van der Waals surface area (Å²) >= 11 is 0. The minimum Gasteiger partial charge on any atom is -0.477 e. The van der Waals surface area contributed by atoms with Crippen LogP contribution in [0.4, 0.5) is 0 Å². The molecule has 6 N–H and O–H groups in total. The van der Waals surface area contributed by atoms with E-state index in [1.807, 2.05) is 0 Å². The van der Waals surface area contributed by atoms with Crippen molar-refractivity contribution in [3.8, 4) is 0 Å². The van der Waals surface area contributed by atoms with Gasteiger partial charge in [-0.25, -0.2) is 4.79 Å². The zero-order valence-corrected chi connectivity index (χ0v) is 12.0. The fourth-order valence-corrected chi connectivity index (χ4v) is 2.32. The second-order valence-corrected chi connectivity index (χ2v) is 5.19. The SMILES string of the molecule is NCCCCCOC1(C(=O)O)C[C@@H](O)C(O)C(CCO)O1. The average Bonchev–Trinajstić information content (AvgIpc) is 2.44. The average molecular weight is 307 g/mol. The lowest BCUT2D eigenvalue weighted by Gasteiger charge is -2.42. The van der Waals surface area contributed by atoms with Gasteiger partial charge < -0.3 is 35.6 Å². The van der Waals surface area contributed by atoms with E-state index in [-0.39, 0.29) is 26.1 Å². The highest BCUT2D eigenvalue weighted by atomic mass is 16.7. The number of unbranched alkanes of at least 4 members (excludes halogenated alkanes) is 2. The van der Waals surface area contributed by atoms with Crippen molar-refractivity contribution >= 4 is 5.97 Å². The van der Waals surface area contributed by atoms with Crippen molar-refractivity contribution in [2.75, 3.05) is 19.8 Å². The van der Waals surface area contributed by atoms with E-state index in [1.165, 1.54) is 0 Å². The van der Waals surface area contributed by atoms with E-state index in [9.17, 15) is 20.1 Å². The number of hydrogen-bond acceptors (Lipinski definition) is 7. The monoisotopic (exact) mass is 307 g/mol. The van der Waals surface area contributed by atoms with Gasteiger partial charge in [-0.05, 0) is 32.2 Å². The van der Waals surface area contributed by atoms with E-state index >= 15 is 0 Å². The molecule has 1 heterocycles. The Kier molecular flexibility index (Phi) is 7.50. The molecule has 0 aromatic carbocycles. The summed E-state index contributed by atoms with van der Waals surface area (Å²) in [5.41, 5.74) is 5.37. The number of nitrogens with two attached hydrogens (primary N) is 1. The number of aliphatic hydroxyl groups is 3. The number of aliphatic hydroxyl groups excluding tert-OH is 3. The number of aliphatic carboxylic acids is 1. The van der Waals surface area contributed by atoms with Gasteiger partial charge >= 0.3 is 5.97 Å². The maximum Gasteiger partial charge on any atom is 0.364 e. The zero-order valence-electron chi connectivity index (χ0n) is 12.0. The van der Waals surface area contributed by atoms with Crippen molar-refractivity contribution in [2.45, 2.75) is 56.2 Å². The fourth-order valence-electron chi connectivity index (χ4n) is 2.32. The molecule has 0 spiro atoms. The van der Waals surface area contributed by atoms with Gasteiger partial charge in [-0.3, -0.25) is 0 Å². The maximum atomic E-state index is 11.5. The summed E-state index contributed by atoms with van der Waals surface area (Å²) in [7, 11) is 0. The smallest absolute Gasteiger partial charge is 0.364 e. The first-order valence-corrected chi connectivity index (χ1v) is 7.19. The predicted octanol–water partition coefficient (Wildman–Crippen LogP) is -1.19. The van der Waals surface area contributed by atoms with Crippen LogP contribution < -0.4 is 5.73 Å². The Morgan fingerprint density at radius 3 is 2.62 bits per heavy atom. The first kappa shape index (κ1) is 18.3. The second-order valence-electron chi connectivity index (χ2n) is 5.19. The van der Waals surface area contributed by atoms with Crippen molar-refractivity contribution in [2.24, 2.45) is 5.73 Å². The lowest BCUT2D eigenvalue weighted by molar-refractivity contribution is -0.312. The molecule has 124 valence electrons. The summed E-state index contributed by atoms with van der Waals surface area (Å²) in [5.74, 6) is -3.34. The lowest BCUT2D eigenvalue weighted by Crippen LogP contribution is -2.59. The predicted molar refractivity (Wildman–Crippen MR) is 72.4 cm³/mol. The molecule has 0 aromatic rings. The number of carbonyl (C=O) groups is 1. The van der Waals surface area contributed by atoms with E-state index in [0.717, 1.165) is 12.8 Å². The van der Waals surface area contributed by atoms with E-state index in [0.29, 0.717) is 13.0 Å². The largest absolute Gasteiger partial charge is 0.477 e. The lowest BCUT2D eigenvalue weighted by atomic mass is 9.94. The molecule has 21 heavy (non-hydrogen) atoms. The molecule has 8 heteroatoms. The summed E-state index contributed by atoms with van der Waals surface area (Å²) in [4.78, 5) is 11.5. The molecule has 0 aromatic heterocycles. The Morgan fingerprint density at radius 2 is 2.05 bits per heavy atom. The van der Waals surface area contributed by atoms with Crippen molar-refractivity contribution in [3.05, 3.63) is 0 Å². The summed E-state index contributed by atoms with van der Waals surface area (Å²) < 4.78 is 10.7. The molecule has 1 rings (SSSR count). The van der Waals surface area contributed by atoms with Crippen LogP contribution in [0.1, 0.15) is 32.1 Å². The molecular weight excluding hydrogens is 282 g/mol. The highest BCUT2D eigenvalue weighted by molar-refractivity contribution is 5.76. The quantitative estimate of drug-likeness (QED) is 0.334. The van der Waals surface area contributed by atoms with Gasteiger partial charge in [-0.1, -0.05) is 0 Å². The van der Waals surface area contributed by atoms with Gasteiger partial charge in [-0.15, -0.1) is 0 Å². The van der Waals surface area contributed by atoms with Crippen LogP contribution in [0, 0.1) is 0 Å². The molecule has 0 bridgehead atoms. The Hall–Kier alpha value is -0.770. The van der Waals surface area contributed by atoms with E-state index in [4.69, 9.17) is 20.3 Å². The molecule has 0 saturated carbocycles. The van der Waals surface area contributed by atoms with Gasteiger partial charge in [0.05, 0.1) is 18.8 Å². The third kappa shape index (κ3) is 4.87. The van der Waals surface area contributed by atoms with Gasteiger partial charge in [-0.2, -0.15) is 0 Å². The summed E-state index contributed by atoms with van der Waals surface area (Å²) in [6.45, 7) is 0.422. The van der Waals surface area contributed by atoms with Crippen LogP contribution in [0.3, 0.4) is 0 Å². The Bertz CT molecular complexity index is 328. The van der Waals surface area contributed by atoms with Crippen molar-refractivity contribution < 1.29 is 34.7 Å². The first-order chi connectivity index (χ1) is 9.96. The van der Waals surface area contributed by atoms with Gasteiger partial charge in [0, 0.05) is 13.0 Å². The first-order valence-electron chi connectivity index (χ1n) is 7.19. The van der Waals surface area contributed by atoms with Crippen molar-refractivity contribution in [3.63, 3.8) is 0 Å². The number of hydrogen-bond donors (Lipinski definition) is 5. The topological polar surface area (TPSA) is 142 Å². The summed E-state index contributed by atoms with van der Waals surface area (Å²) in [6, 6.07) is 0. The second kappa shape index (κ2) is 8.62. The van der Waals surface area contributed by atoms with Crippen LogP contribution in [0.5, 0.6) is 0 Å². The molecular formula is C13H25NO7. The van der Waals surface area contributed by atoms with E-state index in [2.05, 4.69) is 0 Å². The molecule has 1 fully saturated rings. The zero-order chi connectivity index (χ0) is 15.9. The fraction of sp³-hybridized carbons (Fsp3) is 0.923. The number of rotatable bonds is 9. The molecule has 1 saturated heterocycles. The van der Waals surface area contributed by atoms with Crippen LogP contribution in [0.2, 0.25) is 0 Å². The number of carboxylic acids is 1. The van der Waals surface area contributed by atoms with Gasteiger partial charge in [0.1, 0.15) is 6.10 Å². The Labute approximate surface area is 123 Å². The minimum atomic E-state index is -1.98. The van der Waals surface area contributed by atoms with Gasteiger partial charge in [0.25, 0.3) is 5.79 Å². The number of ether oxygens (including phenoxy) is 2. The molecule has 0 radical (unpaired) electrons. The van der Waals surface area contributed by atoms with Crippen LogP contribution in [0.25, 0.3) is 0 Å². The third-order valence-electron chi connectivity index (χ3n) is 3.52. The normalized spacial score (nSPS) is 33.0. The molecule has 1 aliphatic rings. The van der Waals surface area contributed by atoms with Crippen LogP contribution in [-0.4, -0.2) is 70.3 Å². The molecule has 4 atom stereocenters. The standard InChI is InChI=1S/C13H25NO7/c14-5-2-1-3-7-20-13(12(18)19)8-9(16)11(17)10(21-13)4-6-15/h9-11,15-17H,1-8,14H2,(H,18,19)/t9-,10?,11?,13?/m1/s1. The summed E-state index contributed by atoms with van der Waals surface area (Å²) in [6.07, 6.45) is -1.61. The molecule has 0 aliphatic carbocycles. The van der Waals surface area contributed by atoms with E-state index in [1.54, 1.807) is 0 Å². The van der Waals surface area contributed by atoms with E-state index < -0.39 is 30.1 Å². The van der Waals surface area contributed by atoms with Crippen LogP contribution >= 0.6 is 0 Å². The van der Waals surface area contributed by atoms with Crippen molar-refractivity contribution in [1.29, 1.82) is 0 Å². The molecule has 0 amide bonds. The molecule has 8 nitrogen and oxygen atoms in total. The highest BCUT2D eigenvalue weighted by Crippen LogP contribution is 2.32. The van der Waals surface area contributed by atoms with Gasteiger partial charge in [0.15, 0.2) is 0 Å². The molecule has 1 aliphatic heterocycles. The highest BCUT2D eigenvalue weighted by Gasteiger charge is 2.52.